The molecule has 1 aromatic rings. The Balaban J connectivity index is 1.65. The highest BCUT2D eigenvalue weighted by atomic mass is 16.5. The molecule has 0 bridgehead atoms. The molecule has 0 spiro atoms. The molecular weight excluding hydrogens is 166 g/mol. The summed E-state index contributed by atoms with van der Waals surface area (Å²) in [4.78, 5) is 7.02. The van der Waals surface area contributed by atoms with Crippen LogP contribution in [0.3, 0.4) is 0 Å². The molecule has 72 valence electrons. The Kier molecular flexibility index (Phi) is 2.61. The Labute approximate surface area is 77.7 Å². The second-order valence-corrected chi connectivity index (χ2v) is 3.48. The van der Waals surface area contributed by atoms with E-state index in [1.807, 2.05) is 6.20 Å². The topological polar surface area (TPSA) is 49.9 Å². The second kappa shape index (κ2) is 3.89. The van der Waals surface area contributed by atoms with Gasteiger partial charge >= 0.3 is 0 Å². The fourth-order valence-electron chi connectivity index (χ4n) is 1.56. The Morgan fingerprint density at radius 3 is 3.15 bits per heavy atom. The predicted octanol–water partition coefficient (Wildman–Crippen LogP) is 0.677. The summed E-state index contributed by atoms with van der Waals surface area (Å²) >= 11 is 0. The number of methoxy groups -OCH3 is 1. The van der Waals surface area contributed by atoms with Gasteiger partial charge in [-0.25, -0.2) is 4.98 Å². The molecule has 0 unspecified atom stereocenters. The molecule has 0 saturated heterocycles. The zero-order valence-electron chi connectivity index (χ0n) is 7.79. The molecule has 0 radical (unpaired) electrons. The standard InChI is InChI=1S/C9H15N3O/c1-13-9-2-7(3-9)11-5-8-4-10-6-12-8/h4,6-7,9,11H,2-3,5H2,1H3,(H,10,12). The van der Waals surface area contributed by atoms with Gasteiger partial charge in [0.25, 0.3) is 0 Å². The molecule has 1 aliphatic rings. The van der Waals surface area contributed by atoms with E-state index < -0.39 is 0 Å². The summed E-state index contributed by atoms with van der Waals surface area (Å²) in [6.45, 7) is 0.876. The molecule has 1 fully saturated rings. The number of nitrogens with zero attached hydrogens (tertiary/aromatic N) is 1. The average Bonchev–Trinajstić information content (AvgIpc) is 2.54. The molecule has 0 atom stereocenters. The van der Waals surface area contributed by atoms with Crippen molar-refractivity contribution in [3.05, 3.63) is 18.2 Å². The van der Waals surface area contributed by atoms with E-state index in [4.69, 9.17) is 4.74 Å². The lowest BCUT2D eigenvalue weighted by molar-refractivity contribution is 0.0169. The monoisotopic (exact) mass is 181 g/mol. The Morgan fingerprint density at radius 2 is 2.54 bits per heavy atom. The third-order valence-electron chi connectivity index (χ3n) is 2.56. The van der Waals surface area contributed by atoms with Crippen molar-refractivity contribution in [3.63, 3.8) is 0 Å². The van der Waals surface area contributed by atoms with E-state index in [2.05, 4.69) is 15.3 Å². The van der Waals surface area contributed by atoms with Gasteiger partial charge in [0.1, 0.15) is 0 Å². The molecule has 0 aliphatic heterocycles. The van der Waals surface area contributed by atoms with Crippen molar-refractivity contribution in [2.45, 2.75) is 31.5 Å². The average molecular weight is 181 g/mol. The number of aromatic amines is 1. The summed E-state index contributed by atoms with van der Waals surface area (Å²) in [6, 6.07) is 0.619. The van der Waals surface area contributed by atoms with Gasteiger partial charge in [0, 0.05) is 31.6 Å². The first-order valence-electron chi connectivity index (χ1n) is 4.62. The summed E-state index contributed by atoms with van der Waals surface area (Å²) < 4.78 is 5.19. The fourth-order valence-corrected chi connectivity index (χ4v) is 1.56. The maximum atomic E-state index is 5.19. The number of hydrogen-bond acceptors (Lipinski definition) is 3. The summed E-state index contributed by atoms with van der Waals surface area (Å²) in [5.74, 6) is 0. The van der Waals surface area contributed by atoms with Crippen molar-refractivity contribution >= 4 is 0 Å². The number of imidazole rings is 1. The molecule has 1 saturated carbocycles. The first-order valence-corrected chi connectivity index (χ1v) is 4.62. The molecule has 4 nitrogen and oxygen atoms in total. The van der Waals surface area contributed by atoms with Crippen LogP contribution in [0.5, 0.6) is 0 Å². The zero-order valence-corrected chi connectivity index (χ0v) is 7.79. The van der Waals surface area contributed by atoms with E-state index in [9.17, 15) is 0 Å². The molecule has 0 aromatic carbocycles. The van der Waals surface area contributed by atoms with E-state index in [-0.39, 0.29) is 0 Å². The lowest BCUT2D eigenvalue weighted by Crippen LogP contribution is -2.44. The maximum absolute atomic E-state index is 5.19. The quantitative estimate of drug-likeness (QED) is 0.718. The third-order valence-corrected chi connectivity index (χ3v) is 2.56. The molecule has 1 heterocycles. The third kappa shape index (κ3) is 2.08. The molecule has 4 heteroatoms. The minimum absolute atomic E-state index is 0.472. The van der Waals surface area contributed by atoms with Gasteiger partial charge in [-0.15, -0.1) is 0 Å². The predicted molar refractivity (Wildman–Crippen MR) is 49.2 cm³/mol. The van der Waals surface area contributed by atoms with E-state index >= 15 is 0 Å². The lowest BCUT2D eigenvalue weighted by Gasteiger charge is -2.34. The molecule has 1 aliphatic carbocycles. The number of nitrogens with one attached hydrogen (secondary N) is 2. The maximum Gasteiger partial charge on any atom is 0.0922 e. The van der Waals surface area contributed by atoms with Crippen molar-refractivity contribution in [3.8, 4) is 0 Å². The van der Waals surface area contributed by atoms with Crippen molar-refractivity contribution < 1.29 is 4.74 Å². The van der Waals surface area contributed by atoms with Gasteiger partial charge in [0.15, 0.2) is 0 Å². The van der Waals surface area contributed by atoms with Crippen LogP contribution in [0, 0.1) is 0 Å². The van der Waals surface area contributed by atoms with E-state index in [1.54, 1.807) is 13.4 Å². The highest BCUT2D eigenvalue weighted by Crippen LogP contribution is 2.22. The van der Waals surface area contributed by atoms with Gasteiger partial charge in [0.2, 0.25) is 0 Å². The molecule has 0 amide bonds. The Bertz CT molecular complexity index is 241. The number of aromatic nitrogens is 2. The van der Waals surface area contributed by atoms with Crippen LogP contribution >= 0.6 is 0 Å². The number of hydrogen-bond donors (Lipinski definition) is 2. The van der Waals surface area contributed by atoms with Gasteiger partial charge in [0.05, 0.1) is 12.4 Å². The smallest absolute Gasteiger partial charge is 0.0922 e. The first kappa shape index (κ1) is 8.72. The number of rotatable bonds is 4. The van der Waals surface area contributed by atoms with Gasteiger partial charge in [-0.2, -0.15) is 0 Å². The minimum atomic E-state index is 0.472. The normalized spacial score (nSPS) is 27.2. The Morgan fingerprint density at radius 1 is 1.69 bits per heavy atom. The molecule has 1 aromatic heterocycles. The van der Waals surface area contributed by atoms with Crippen LogP contribution in [0.2, 0.25) is 0 Å². The summed E-state index contributed by atoms with van der Waals surface area (Å²) in [5, 5.41) is 3.43. The van der Waals surface area contributed by atoms with Crippen LogP contribution in [0.1, 0.15) is 18.5 Å². The SMILES string of the molecule is COC1CC(NCc2cnc[nH]2)C1. The van der Waals surface area contributed by atoms with E-state index in [1.165, 1.54) is 0 Å². The Hall–Kier alpha value is -0.870. The first-order chi connectivity index (χ1) is 6.38. The van der Waals surface area contributed by atoms with Gasteiger partial charge in [-0.1, -0.05) is 0 Å². The van der Waals surface area contributed by atoms with Gasteiger partial charge in [-0.05, 0) is 12.8 Å². The molecule has 2 N–H and O–H groups in total. The summed E-state index contributed by atoms with van der Waals surface area (Å²) in [6.07, 6.45) is 6.28. The van der Waals surface area contributed by atoms with Gasteiger partial charge < -0.3 is 15.0 Å². The van der Waals surface area contributed by atoms with Crippen LogP contribution < -0.4 is 5.32 Å². The molecular formula is C9H15N3O. The summed E-state index contributed by atoms with van der Waals surface area (Å²) in [5.41, 5.74) is 1.14. The largest absolute Gasteiger partial charge is 0.381 e. The van der Waals surface area contributed by atoms with Crippen molar-refractivity contribution in [1.29, 1.82) is 0 Å². The van der Waals surface area contributed by atoms with Crippen LogP contribution in [-0.4, -0.2) is 29.2 Å². The molecule has 13 heavy (non-hydrogen) atoms. The highest BCUT2D eigenvalue weighted by Gasteiger charge is 2.28. The van der Waals surface area contributed by atoms with Crippen LogP contribution in [0.25, 0.3) is 0 Å². The second-order valence-electron chi connectivity index (χ2n) is 3.48. The fraction of sp³-hybridized carbons (Fsp3) is 0.667. The van der Waals surface area contributed by atoms with Crippen molar-refractivity contribution in [2.24, 2.45) is 0 Å². The van der Waals surface area contributed by atoms with E-state index in [0.717, 1.165) is 25.1 Å². The lowest BCUT2D eigenvalue weighted by atomic mass is 9.89. The van der Waals surface area contributed by atoms with Crippen molar-refractivity contribution in [2.75, 3.05) is 7.11 Å². The van der Waals surface area contributed by atoms with Crippen molar-refractivity contribution in [1.82, 2.24) is 15.3 Å². The van der Waals surface area contributed by atoms with Crippen LogP contribution in [0.4, 0.5) is 0 Å². The number of H-pyrrole nitrogens is 1. The highest BCUT2D eigenvalue weighted by molar-refractivity contribution is 4.95. The summed E-state index contributed by atoms with van der Waals surface area (Å²) in [7, 11) is 1.77. The van der Waals surface area contributed by atoms with Gasteiger partial charge in [-0.3, -0.25) is 0 Å². The molecule has 2 rings (SSSR count). The van der Waals surface area contributed by atoms with E-state index in [0.29, 0.717) is 12.1 Å². The number of ether oxygens (including phenoxy) is 1. The van der Waals surface area contributed by atoms with Crippen LogP contribution in [0.15, 0.2) is 12.5 Å². The zero-order chi connectivity index (χ0) is 9.10. The van der Waals surface area contributed by atoms with Crippen LogP contribution in [-0.2, 0) is 11.3 Å². The minimum Gasteiger partial charge on any atom is -0.381 e.